The molecule has 2 saturated carbocycles. The molecule has 2 fully saturated rings. The van der Waals surface area contributed by atoms with Gasteiger partial charge >= 0.3 is 0 Å². The van der Waals surface area contributed by atoms with E-state index in [4.69, 9.17) is 0 Å². The van der Waals surface area contributed by atoms with Gasteiger partial charge in [0.1, 0.15) is 0 Å². The Balaban J connectivity index is 1.65. The van der Waals surface area contributed by atoms with E-state index < -0.39 is 10.0 Å². The van der Waals surface area contributed by atoms with Crippen LogP contribution in [-0.2, 0) is 10.0 Å². The average Bonchev–Trinajstić information content (AvgIpc) is 3.33. The Morgan fingerprint density at radius 1 is 1.04 bits per heavy atom. The molecule has 2 aliphatic rings. The summed E-state index contributed by atoms with van der Waals surface area (Å²) < 4.78 is 26.9. The number of rotatable bonds is 5. The van der Waals surface area contributed by atoms with Gasteiger partial charge in [-0.3, -0.25) is 4.79 Å². The van der Waals surface area contributed by atoms with Crippen LogP contribution in [0.25, 0.3) is 0 Å². The minimum atomic E-state index is -3.46. The second-order valence-electron chi connectivity index (χ2n) is 6.76. The highest BCUT2D eigenvalue weighted by Crippen LogP contribution is 2.24. The van der Waals surface area contributed by atoms with Crippen molar-refractivity contribution < 1.29 is 13.2 Å². The molecule has 1 aromatic rings. The molecule has 2 atom stereocenters. The lowest BCUT2D eigenvalue weighted by molar-refractivity contribution is 0.0910. The zero-order valence-electron chi connectivity index (χ0n) is 13.4. The second kappa shape index (κ2) is 6.61. The first kappa shape index (κ1) is 16.5. The van der Waals surface area contributed by atoms with Crippen molar-refractivity contribution >= 4 is 15.9 Å². The lowest BCUT2D eigenvalue weighted by Crippen LogP contribution is -2.41. The van der Waals surface area contributed by atoms with E-state index in [2.05, 4.69) is 17.0 Å². The predicted octanol–water partition coefficient (Wildman–Crippen LogP) is 2.44. The van der Waals surface area contributed by atoms with Gasteiger partial charge in [0.25, 0.3) is 5.91 Å². The van der Waals surface area contributed by atoms with E-state index in [-0.39, 0.29) is 22.9 Å². The Bertz CT molecular complexity index is 666. The molecule has 0 saturated heterocycles. The molecule has 1 aromatic carbocycles. The number of carbonyl (C=O) groups excluding carboxylic acids is 1. The fourth-order valence-corrected chi connectivity index (χ4v) is 4.36. The van der Waals surface area contributed by atoms with Gasteiger partial charge in [0, 0.05) is 17.6 Å². The zero-order chi connectivity index (χ0) is 16.4. The van der Waals surface area contributed by atoms with Gasteiger partial charge in [-0.1, -0.05) is 19.8 Å². The normalized spacial score (nSPS) is 25.1. The molecular weight excluding hydrogens is 312 g/mol. The standard InChI is InChI=1S/C17H24N2O3S/c1-12-4-2-3-5-16(12)18-17(20)13-6-10-15(11-7-13)23(21,22)19-14-8-9-14/h6-7,10-12,14,16,19H,2-5,8-9H2,1H3,(H,18,20). The SMILES string of the molecule is CC1CCCCC1NC(=O)c1ccc(S(=O)(=O)NC2CC2)cc1. The maximum absolute atomic E-state index is 12.3. The van der Waals surface area contributed by atoms with Crippen LogP contribution < -0.4 is 10.0 Å². The number of nitrogens with one attached hydrogen (secondary N) is 2. The van der Waals surface area contributed by atoms with E-state index in [1.807, 2.05) is 0 Å². The molecule has 6 heteroatoms. The van der Waals surface area contributed by atoms with Crippen LogP contribution in [0.3, 0.4) is 0 Å². The van der Waals surface area contributed by atoms with Crippen molar-refractivity contribution in [2.75, 3.05) is 0 Å². The molecule has 23 heavy (non-hydrogen) atoms. The first-order valence-corrected chi connectivity index (χ1v) is 9.87. The minimum absolute atomic E-state index is 0.0794. The van der Waals surface area contributed by atoms with Crippen molar-refractivity contribution in [2.45, 2.75) is 62.4 Å². The average molecular weight is 336 g/mol. The van der Waals surface area contributed by atoms with Gasteiger partial charge in [-0.15, -0.1) is 0 Å². The molecule has 0 aromatic heterocycles. The van der Waals surface area contributed by atoms with Crippen molar-refractivity contribution in [2.24, 2.45) is 5.92 Å². The van der Waals surface area contributed by atoms with E-state index in [9.17, 15) is 13.2 Å². The Morgan fingerprint density at radius 3 is 2.30 bits per heavy atom. The number of hydrogen-bond donors (Lipinski definition) is 2. The molecule has 0 aliphatic heterocycles. The number of amides is 1. The summed E-state index contributed by atoms with van der Waals surface area (Å²) in [6.45, 7) is 2.17. The lowest BCUT2D eigenvalue weighted by Gasteiger charge is -2.29. The first-order valence-electron chi connectivity index (χ1n) is 8.39. The molecular formula is C17H24N2O3S. The summed E-state index contributed by atoms with van der Waals surface area (Å²) in [5, 5.41) is 3.08. The molecule has 126 valence electrons. The third-order valence-electron chi connectivity index (χ3n) is 4.75. The molecule has 0 spiro atoms. The predicted molar refractivity (Wildman–Crippen MR) is 88.7 cm³/mol. The summed E-state index contributed by atoms with van der Waals surface area (Å²) in [6.07, 6.45) is 6.35. The van der Waals surface area contributed by atoms with Crippen molar-refractivity contribution in [3.8, 4) is 0 Å². The molecule has 5 nitrogen and oxygen atoms in total. The fourth-order valence-electron chi connectivity index (χ4n) is 3.06. The molecule has 0 heterocycles. The van der Waals surface area contributed by atoms with E-state index in [1.54, 1.807) is 12.1 Å². The van der Waals surface area contributed by atoms with Gasteiger partial charge in [-0.25, -0.2) is 13.1 Å². The third-order valence-corrected chi connectivity index (χ3v) is 6.29. The quantitative estimate of drug-likeness (QED) is 0.867. The molecule has 2 unspecified atom stereocenters. The van der Waals surface area contributed by atoms with Crippen molar-refractivity contribution in [3.05, 3.63) is 29.8 Å². The summed E-state index contributed by atoms with van der Waals surface area (Å²) in [4.78, 5) is 12.5. The largest absolute Gasteiger partial charge is 0.349 e. The van der Waals surface area contributed by atoms with Crippen molar-refractivity contribution in [3.63, 3.8) is 0 Å². The first-order chi connectivity index (χ1) is 11.0. The summed E-state index contributed by atoms with van der Waals surface area (Å²) in [5.74, 6) is 0.373. The number of sulfonamides is 1. The van der Waals surface area contributed by atoms with E-state index in [0.717, 1.165) is 32.1 Å². The Morgan fingerprint density at radius 2 is 1.70 bits per heavy atom. The van der Waals surface area contributed by atoms with Gasteiger partial charge in [-0.2, -0.15) is 0 Å². The van der Waals surface area contributed by atoms with Gasteiger partial charge in [0.2, 0.25) is 10.0 Å². The minimum Gasteiger partial charge on any atom is -0.349 e. The van der Waals surface area contributed by atoms with Gasteiger partial charge < -0.3 is 5.32 Å². The molecule has 0 bridgehead atoms. The number of hydrogen-bond acceptors (Lipinski definition) is 3. The molecule has 3 rings (SSSR count). The summed E-state index contributed by atoms with van der Waals surface area (Å²) in [6, 6.07) is 6.48. The summed E-state index contributed by atoms with van der Waals surface area (Å²) in [7, 11) is -3.46. The van der Waals surface area contributed by atoms with E-state index >= 15 is 0 Å². The maximum Gasteiger partial charge on any atom is 0.251 e. The fraction of sp³-hybridized carbons (Fsp3) is 0.588. The third kappa shape index (κ3) is 4.12. The zero-order valence-corrected chi connectivity index (χ0v) is 14.2. The van der Waals surface area contributed by atoms with E-state index in [1.165, 1.54) is 18.6 Å². The molecule has 2 N–H and O–H groups in total. The van der Waals surface area contributed by atoms with Crippen LogP contribution in [0, 0.1) is 5.92 Å². The van der Waals surface area contributed by atoms with Crippen molar-refractivity contribution in [1.29, 1.82) is 0 Å². The molecule has 2 aliphatic carbocycles. The van der Waals surface area contributed by atoms with Crippen LogP contribution in [0.15, 0.2) is 29.2 Å². The Labute approximate surface area is 137 Å². The molecule has 0 radical (unpaired) electrons. The summed E-state index contributed by atoms with van der Waals surface area (Å²) in [5.41, 5.74) is 0.508. The number of benzene rings is 1. The van der Waals surface area contributed by atoms with Crippen molar-refractivity contribution in [1.82, 2.24) is 10.0 Å². The Kier molecular flexibility index (Phi) is 4.73. The van der Waals surface area contributed by atoms with Crippen LogP contribution in [0.2, 0.25) is 0 Å². The van der Waals surface area contributed by atoms with Crippen LogP contribution in [0.1, 0.15) is 55.8 Å². The van der Waals surface area contributed by atoms with Gasteiger partial charge in [0.15, 0.2) is 0 Å². The van der Waals surface area contributed by atoms with Crippen LogP contribution in [0.5, 0.6) is 0 Å². The highest BCUT2D eigenvalue weighted by atomic mass is 32.2. The van der Waals surface area contributed by atoms with Gasteiger partial charge in [-0.05, 0) is 55.9 Å². The van der Waals surface area contributed by atoms with Crippen LogP contribution in [0.4, 0.5) is 0 Å². The Hall–Kier alpha value is -1.40. The van der Waals surface area contributed by atoms with Gasteiger partial charge in [0.05, 0.1) is 4.90 Å². The highest BCUT2D eigenvalue weighted by Gasteiger charge is 2.28. The highest BCUT2D eigenvalue weighted by molar-refractivity contribution is 7.89. The van der Waals surface area contributed by atoms with Crippen LogP contribution >= 0.6 is 0 Å². The number of carbonyl (C=O) groups is 1. The van der Waals surface area contributed by atoms with Crippen LogP contribution in [-0.4, -0.2) is 26.4 Å². The monoisotopic (exact) mass is 336 g/mol. The second-order valence-corrected chi connectivity index (χ2v) is 8.48. The maximum atomic E-state index is 12.3. The van der Waals surface area contributed by atoms with E-state index in [0.29, 0.717) is 11.5 Å². The summed E-state index contributed by atoms with van der Waals surface area (Å²) >= 11 is 0. The molecule has 1 amide bonds. The topological polar surface area (TPSA) is 75.3 Å². The smallest absolute Gasteiger partial charge is 0.251 e. The lowest BCUT2D eigenvalue weighted by atomic mass is 9.86.